The van der Waals surface area contributed by atoms with E-state index in [1.165, 1.54) is 0 Å². The van der Waals surface area contributed by atoms with E-state index in [2.05, 4.69) is 21.4 Å². The fourth-order valence-corrected chi connectivity index (χ4v) is 1.60. The van der Waals surface area contributed by atoms with E-state index in [1.807, 2.05) is 26.0 Å². The van der Waals surface area contributed by atoms with E-state index in [0.29, 0.717) is 18.1 Å². The van der Waals surface area contributed by atoms with Crippen LogP contribution in [0.25, 0.3) is 0 Å². The van der Waals surface area contributed by atoms with E-state index >= 15 is 0 Å². The third kappa shape index (κ3) is 2.73. The maximum absolute atomic E-state index is 8.93. The van der Waals surface area contributed by atoms with Crippen LogP contribution in [-0.2, 0) is 6.54 Å². The summed E-state index contributed by atoms with van der Waals surface area (Å²) in [4.78, 5) is 8.17. The molecule has 5 heteroatoms. The second-order valence-corrected chi connectivity index (χ2v) is 4.03. The van der Waals surface area contributed by atoms with Crippen molar-refractivity contribution in [1.82, 2.24) is 15.3 Å². The van der Waals surface area contributed by atoms with Gasteiger partial charge in [0.2, 0.25) is 5.89 Å². The molecule has 0 aliphatic carbocycles. The molecule has 1 atom stereocenters. The molecule has 0 aliphatic heterocycles. The lowest BCUT2D eigenvalue weighted by atomic mass is 10.2. The predicted molar refractivity (Wildman–Crippen MR) is 65.4 cm³/mol. The summed E-state index contributed by atoms with van der Waals surface area (Å²) < 4.78 is 5.44. The Labute approximate surface area is 105 Å². The molecule has 0 aliphatic rings. The first-order valence-corrected chi connectivity index (χ1v) is 5.70. The molecule has 92 valence electrons. The van der Waals surface area contributed by atoms with Gasteiger partial charge in [-0.05, 0) is 19.9 Å². The number of nitriles is 1. The van der Waals surface area contributed by atoms with E-state index in [4.69, 9.17) is 9.68 Å². The second kappa shape index (κ2) is 5.43. The minimum Gasteiger partial charge on any atom is -0.444 e. The van der Waals surface area contributed by atoms with Crippen molar-refractivity contribution in [1.29, 1.82) is 5.26 Å². The van der Waals surface area contributed by atoms with E-state index in [0.717, 1.165) is 11.3 Å². The van der Waals surface area contributed by atoms with Crippen LogP contribution >= 0.6 is 0 Å². The van der Waals surface area contributed by atoms with Crippen LogP contribution in [0, 0.1) is 18.3 Å². The number of nitrogens with zero attached hydrogens (tertiary/aromatic N) is 3. The summed E-state index contributed by atoms with van der Waals surface area (Å²) in [7, 11) is 0. The fraction of sp³-hybridized carbons (Fsp3) is 0.308. The van der Waals surface area contributed by atoms with Crippen molar-refractivity contribution in [3.8, 4) is 6.07 Å². The Hall–Kier alpha value is -2.19. The molecule has 0 bridgehead atoms. The molecule has 0 fully saturated rings. The van der Waals surface area contributed by atoms with Gasteiger partial charge in [-0.15, -0.1) is 0 Å². The van der Waals surface area contributed by atoms with Gasteiger partial charge in [0.05, 0.1) is 12.2 Å². The van der Waals surface area contributed by atoms with Crippen molar-refractivity contribution in [2.75, 3.05) is 0 Å². The van der Waals surface area contributed by atoms with Gasteiger partial charge in [0.25, 0.3) is 0 Å². The van der Waals surface area contributed by atoms with E-state index in [-0.39, 0.29) is 6.04 Å². The number of aromatic nitrogens is 2. The molecule has 0 radical (unpaired) electrons. The molecule has 0 aromatic carbocycles. The Morgan fingerprint density at radius 3 is 3.00 bits per heavy atom. The van der Waals surface area contributed by atoms with Gasteiger partial charge in [-0.2, -0.15) is 5.26 Å². The van der Waals surface area contributed by atoms with Gasteiger partial charge in [0.1, 0.15) is 17.5 Å². The lowest BCUT2D eigenvalue weighted by Gasteiger charge is -2.10. The summed E-state index contributed by atoms with van der Waals surface area (Å²) >= 11 is 0. The number of hydrogen-bond donors (Lipinski definition) is 1. The Bertz CT molecular complexity index is 570. The average molecular weight is 242 g/mol. The van der Waals surface area contributed by atoms with Crippen molar-refractivity contribution in [2.45, 2.75) is 26.4 Å². The maximum Gasteiger partial charge on any atom is 0.211 e. The molecular formula is C13H14N4O. The number of oxazole rings is 1. The molecule has 0 saturated heterocycles. The Balaban J connectivity index is 2.02. The normalized spacial score (nSPS) is 12.1. The van der Waals surface area contributed by atoms with E-state index in [9.17, 15) is 0 Å². The van der Waals surface area contributed by atoms with Crippen LogP contribution in [0.4, 0.5) is 0 Å². The number of hydrogen-bond acceptors (Lipinski definition) is 5. The first-order chi connectivity index (χ1) is 8.70. The summed E-state index contributed by atoms with van der Waals surface area (Å²) in [6.45, 7) is 4.38. The second-order valence-electron chi connectivity index (χ2n) is 4.03. The highest BCUT2D eigenvalue weighted by Gasteiger charge is 2.11. The molecule has 1 unspecified atom stereocenters. The number of nitrogens with one attached hydrogen (secondary N) is 1. The molecule has 0 saturated carbocycles. The average Bonchev–Trinajstić information content (AvgIpc) is 2.83. The van der Waals surface area contributed by atoms with Crippen LogP contribution in [0.1, 0.15) is 35.9 Å². The van der Waals surface area contributed by atoms with Gasteiger partial charge in [-0.25, -0.2) is 9.97 Å². The monoisotopic (exact) mass is 242 g/mol. The van der Waals surface area contributed by atoms with Crippen LogP contribution in [0.5, 0.6) is 0 Å². The zero-order chi connectivity index (χ0) is 13.0. The third-order valence-corrected chi connectivity index (χ3v) is 2.61. The van der Waals surface area contributed by atoms with Gasteiger partial charge in [-0.3, -0.25) is 0 Å². The highest BCUT2D eigenvalue weighted by atomic mass is 16.4. The zero-order valence-corrected chi connectivity index (χ0v) is 10.3. The van der Waals surface area contributed by atoms with Gasteiger partial charge < -0.3 is 9.73 Å². The summed E-state index contributed by atoms with van der Waals surface area (Å²) in [5, 5.41) is 12.2. The van der Waals surface area contributed by atoms with Crippen LogP contribution < -0.4 is 5.32 Å². The van der Waals surface area contributed by atoms with Crippen LogP contribution in [0.15, 0.2) is 28.9 Å². The van der Waals surface area contributed by atoms with Crippen molar-refractivity contribution in [2.24, 2.45) is 0 Å². The van der Waals surface area contributed by atoms with Gasteiger partial charge in [0, 0.05) is 18.3 Å². The predicted octanol–water partition coefficient (Wildman–Crippen LogP) is 2.10. The summed E-state index contributed by atoms with van der Waals surface area (Å²) in [6, 6.07) is 5.76. The molecule has 5 nitrogen and oxygen atoms in total. The minimum absolute atomic E-state index is 0.00884. The summed E-state index contributed by atoms with van der Waals surface area (Å²) in [5.41, 5.74) is 1.32. The van der Waals surface area contributed by atoms with Crippen LogP contribution in [0.2, 0.25) is 0 Å². The molecule has 0 amide bonds. The number of rotatable bonds is 4. The van der Waals surface area contributed by atoms with Gasteiger partial charge in [-0.1, -0.05) is 6.07 Å². The summed E-state index contributed by atoms with van der Waals surface area (Å²) in [6.07, 6.45) is 3.31. The first kappa shape index (κ1) is 12.3. The van der Waals surface area contributed by atoms with Crippen molar-refractivity contribution >= 4 is 0 Å². The van der Waals surface area contributed by atoms with E-state index in [1.54, 1.807) is 12.4 Å². The van der Waals surface area contributed by atoms with Gasteiger partial charge in [0.15, 0.2) is 0 Å². The highest BCUT2D eigenvalue weighted by Crippen LogP contribution is 2.13. The Kier molecular flexibility index (Phi) is 3.70. The highest BCUT2D eigenvalue weighted by molar-refractivity contribution is 5.30. The van der Waals surface area contributed by atoms with Crippen molar-refractivity contribution in [3.05, 3.63) is 47.4 Å². The van der Waals surface area contributed by atoms with Crippen molar-refractivity contribution in [3.63, 3.8) is 0 Å². The molecular weight excluding hydrogens is 228 g/mol. The summed E-state index contributed by atoms with van der Waals surface area (Å²) in [5.74, 6) is 1.44. The smallest absolute Gasteiger partial charge is 0.211 e. The van der Waals surface area contributed by atoms with E-state index < -0.39 is 0 Å². The lowest BCUT2D eigenvalue weighted by molar-refractivity contribution is 0.402. The largest absolute Gasteiger partial charge is 0.444 e. The molecule has 2 heterocycles. The molecule has 2 aromatic rings. The lowest BCUT2D eigenvalue weighted by Crippen LogP contribution is -2.19. The minimum atomic E-state index is -0.00884. The molecule has 2 aromatic heterocycles. The molecule has 1 N–H and O–H groups in total. The molecule has 0 spiro atoms. The topological polar surface area (TPSA) is 74.7 Å². The van der Waals surface area contributed by atoms with Crippen LogP contribution in [0.3, 0.4) is 0 Å². The number of aryl methyl sites for hydroxylation is 1. The van der Waals surface area contributed by atoms with Gasteiger partial charge >= 0.3 is 0 Å². The fourth-order valence-electron chi connectivity index (χ4n) is 1.60. The van der Waals surface area contributed by atoms with Crippen LogP contribution in [-0.4, -0.2) is 9.97 Å². The van der Waals surface area contributed by atoms with Crippen molar-refractivity contribution < 1.29 is 4.42 Å². The Morgan fingerprint density at radius 2 is 2.33 bits per heavy atom. The SMILES string of the molecule is Cc1cnc(C(C)NCc2cccnc2C#N)o1. The zero-order valence-electron chi connectivity index (χ0n) is 10.3. The third-order valence-electron chi connectivity index (χ3n) is 2.61. The first-order valence-electron chi connectivity index (χ1n) is 5.70. The molecule has 18 heavy (non-hydrogen) atoms. The number of pyridine rings is 1. The Morgan fingerprint density at radius 1 is 1.50 bits per heavy atom. The quantitative estimate of drug-likeness (QED) is 0.888. The maximum atomic E-state index is 8.93. The molecule has 2 rings (SSSR count). The standard InChI is InChI=1S/C13H14N4O/c1-9-7-17-13(18-9)10(2)16-8-11-4-3-5-15-12(11)6-14/h3-5,7,10,16H,8H2,1-2H3.